The van der Waals surface area contributed by atoms with Gasteiger partial charge in [-0.1, -0.05) is 19.9 Å². The van der Waals surface area contributed by atoms with Crippen molar-refractivity contribution in [3.05, 3.63) is 41.3 Å². The van der Waals surface area contributed by atoms with Crippen LogP contribution in [0.2, 0.25) is 0 Å². The second kappa shape index (κ2) is 5.37. The SMILES string of the molecule is Cc1nc(-n2ccc(C3CC3)n2)ccc1CNC(C)C. The summed E-state index contributed by atoms with van der Waals surface area (Å²) in [6.07, 6.45) is 4.58. The van der Waals surface area contributed by atoms with Crippen LogP contribution >= 0.6 is 0 Å². The van der Waals surface area contributed by atoms with Gasteiger partial charge in [0.25, 0.3) is 0 Å². The normalized spacial score (nSPS) is 15.0. The first-order valence-electron chi connectivity index (χ1n) is 7.39. The lowest BCUT2D eigenvalue weighted by Gasteiger charge is -2.11. The van der Waals surface area contributed by atoms with E-state index < -0.39 is 0 Å². The standard InChI is InChI=1S/C16H22N4/c1-11(2)17-10-14-6-7-16(18-12(14)3)20-9-8-15(19-20)13-4-5-13/h6-9,11,13,17H,4-5,10H2,1-3H3. The minimum Gasteiger partial charge on any atom is -0.310 e. The predicted octanol–water partition coefficient (Wildman–Crippen LogP) is 2.95. The summed E-state index contributed by atoms with van der Waals surface area (Å²) in [5.41, 5.74) is 3.52. The van der Waals surface area contributed by atoms with E-state index in [9.17, 15) is 0 Å². The van der Waals surface area contributed by atoms with E-state index in [1.165, 1.54) is 24.1 Å². The maximum Gasteiger partial charge on any atom is 0.153 e. The number of hydrogen-bond donors (Lipinski definition) is 1. The molecular formula is C16H22N4. The molecule has 1 saturated carbocycles. The van der Waals surface area contributed by atoms with Gasteiger partial charge < -0.3 is 5.32 Å². The van der Waals surface area contributed by atoms with E-state index in [-0.39, 0.29) is 0 Å². The molecule has 0 bridgehead atoms. The topological polar surface area (TPSA) is 42.7 Å². The van der Waals surface area contributed by atoms with Crippen LogP contribution in [0.15, 0.2) is 24.4 Å². The summed E-state index contributed by atoms with van der Waals surface area (Å²) in [7, 11) is 0. The minimum atomic E-state index is 0.487. The van der Waals surface area contributed by atoms with Crippen LogP contribution in [0.4, 0.5) is 0 Å². The fourth-order valence-corrected chi connectivity index (χ4v) is 2.27. The highest BCUT2D eigenvalue weighted by atomic mass is 15.3. The van der Waals surface area contributed by atoms with Gasteiger partial charge in [0.05, 0.1) is 5.69 Å². The molecule has 0 aliphatic heterocycles. The number of aryl methyl sites for hydroxylation is 1. The number of nitrogens with one attached hydrogen (secondary N) is 1. The highest BCUT2D eigenvalue weighted by Gasteiger charge is 2.25. The van der Waals surface area contributed by atoms with Gasteiger partial charge in [-0.15, -0.1) is 0 Å². The lowest BCUT2D eigenvalue weighted by atomic mass is 10.2. The summed E-state index contributed by atoms with van der Waals surface area (Å²) >= 11 is 0. The summed E-state index contributed by atoms with van der Waals surface area (Å²) in [4.78, 5) is 4.67. The van der Waals surface area contributed by atoms with Crippen LogP contribution in [0.5, 0.6) is 0 Å². The molecule has 20 heavy (non-hydrogen) atoms. The van der Waals surface area contributed by atoms with E-state index in [1.807, 2.05) is 16.9 Å². The van der Waals surface area contributed by atoms with Crippen molar-refractivity contribution in [1.29, 1.82) is 0 Å². The van der Waals surface area contributed by atoms with Gasteiger partial charge in [0.1, 0.15) is 0 Å². The van der Waals surface area contributed by atoms with Crippen molar-refractivity contribution < 1.29 is 0 Å². The van der Waals surface area contributed by atoms with E-state index in [0.29, 0.717) is 12.0 Å². The Balaban J connectivity index is 1.78. The number of hydrogen-bond acceptors (Lipinski definition) is 3. The van der Waals surface area contributed by atoms with Gasteiger partial charge in [-0.3, -0.25) is 0 Å². The van der Waals surface area contributed by atoms with Gasteiger partial charge in [-0.05, 0) is 37.5 Å². The largest absolute Gasteiger partial charge is 0.310 e. The predicted molar refractivity (Wildman–Crippen MR) is 80.0 cm³/mol. The summed E-state index contributed by atoms with van der Waals surface area (Å²) < 4.78 is 1.89. The first-order chi connectivity index (χ1) is 9.63. The molecule has 4 heteroatoms. The molecule has 2 aromatic rings. The molecular weight excluding hydrogens is 248 g/mol. The molecule has 1 fully saturated rings. The Bertz CT molecular complexity index is 596. The first kappa shape index (κ1) is 13.3. The molecule has 0 amide bonds. The van der Waals surface area contributed by atoms with Crippen LogP contribution in [0.25, 0.3) is 5.82 Å². The Hall–Kier alpha value is -1.68. The Kier molecular flexibility index (Phi) is 3.57. The van der Waals surface area contributed by atoms with Crippen molar-refractivity contribution >= 4 is 0 Å². The van der Waals surface area contributed by atoms with Crippen LogP contribution in [-0.4, -0.2) is 20.8 Å². The first-order valence-corrected chi connectivity index (χ1v) is 7.39. The second-order valence-electron chi connectivity index (χ2n) is 5.91. The third-order valence-corrected chi connectivity index (χ3v) is 3.72. The number of nitrogens with zero attached hydrogens (tertiary/aromatic N) is 3. The maximum atomic E-state index is 4.67. The third kappa shape index (κ3) is 2.90. The fraction of sp³-hybridized carbons (Fsp3) is 0.500. The van der Waals surface area contributed by atoms with Gasteiger partial charge >= 0.3 is 0 Å². The molecule has 0 saturated heterocycles. The Morgan fingerprint density at radius 2 is 2.10 bits per heavy atom. The van der Waals surface area contributed by atoms with E-state index >= 15 is 0 Å². The average molecular weight is 270 g/mol. The molecule has 1 aliphatic carbocycles. The Morgan fingerprint density at radius 1 is 1.30 bits per heavy atom. The number of aromatic nitrogens is 3. The zero-order chi connectivity index (χ0) is 14.1. The number of pyridine rings is 1. The monoisotopic (exact) mass is 270 g/mol. The van der Waals surface area contributed by atoms with E-state index in [4.69, 9.17) is 0 Å². The summed E-state index contributed by atoms with van der Waals surface area (Å²) in [5, 5.41) is 8.05. The van der Waals surface area contributed by atoms with Gasteiger partial charge in [0, 0.05) is 30.4 Å². The van der Waals surface area contributed by atoms with Crippen molar-refractivity contribution in [2.75, 3.05) is 0 Å². The van der Waals surface area contributed by atoms with Crippen molar-refractivity contribution in [2.24, 2.45) is 0 Å². The lowest BCUT2D eigenvalue weighted by molar-refractivity contribution is 0.586. The smallest absolute Gasteiger partial charge is 0.153 e. The van der Waals surface area contributed by atoms with Crippen molar-refractivity contribution in [3.63, 3.8) is 0 Å². The maximum absolute atomic E-state index is 4.67. The highest BCUT2D eigenvalue weighted by Crippen LogP contribution is 2.38. The molecule has 0 unspecified atom stereocenters. The highest BCUT2D eigenvalue weighted by molar-refractivity contribution is 5.30. The zero-order valence-electron chi connectivity index (χ0n) is 12.4. The molecule has 0 radical (unpaired) electrons. The second-order valence-corrected chi connectivity index (χ2v) is 5.91. The quantitative estimate of drug-likeness (QED) is 0.908. The van der Waals surface area contributed by atoms with Crippen LogP contribution in [0.3, 0.4) is 0 Å². The Morgan fingerprint density at radius 3 is 2.75 bits per heavy atom. The van der Waals surface area contributed by atoms with Crippen LogP contribution in [-0.2, 0) is 6.54 Å². The van der Waals surface area contributed by atoms with Gasteiger partial charge in [0.15, 0.2) is 5.82 Å². The van der Waals surface area contributed by atoms with Crippen molar-refractivity contribution in [1.82, 2.24) is 20.1 Å². The van der Waals surface area contributed by atoms with Crippen LogP contribution < -0.4 is 5.32 Å². The molecule has 0 atom stereocenters. The van der Waals surface area contributed by atoms with Gasteiger partial charge in [0.2, 0.25) is 0 Å². The molecule has 106 valence electrons. The lowest BCUT2D eigenvalue weighted by Crippen LogP contribution is -2.22. The molecule has 0 spiro atoms. The molecule has 1 N–H and O–H groups in total. The van der Waals surface area contributed by atoms with E-state index in [1.54, 1.807) is 0 Å². The van der Waals surface area contributed by atoms with E-state index in [2.05, 4.69) is 48.3 Å². The molecule has 3 rings (SSSR count). The molecule has 2 aromatic heterocycles. The summed E-state index contributed by atoms with van der Waals surface area (Å²) in [6.45, 7) is 7.23. The molecule has 1 aliphatic rings. The fourth-order valence-electron chi connectivity index (χ4n) is 2.27. The van der Waals surface area contributed by atoms with Gasteiger partial charge in [-0.2, -0.15) is 5.10 Å². The summed E-state index contributed by atoms with van der Waals surface area (Å²) in [6, 6.07) is 6.80. The minimum absolute atomic E-state index is 0.487. The molecule has 2 heterocycles. The molecule has 0 aromatic carbocycles. The average Bonchev–Trinajstić information content (AvgIpc) is 3.15. The molecule has 4 nitrogen and oxygen atoms in total. The third-order valence-electron chi connectivity index (χ3n) is 3.72. The van der Waals surface area contributed by atoms with Gasteiger partial charge in [-0.25, -0.2) is 9.67 Å². The van der Waals surface area contributed by atoms with Crippen molar-refractivity contribution in [3.8, 4) is 5.82 Å². The van der Waals surface area contributed by atoms with Crippen LogP contribution in [0, 0.1) is 6.92 Å². The van der Waals surface area contributed by atoms with Crippen LogP contribution in [0.1, 0.15) is 49.6 Å². The summed E-state index contributed by atoms with van der Waals surface area (Å²) in [5.74, 6) is 1.59. The zero-order valence-corrected chi connectivity index (χ0v) is 12.4. The van der Waals surface area contributed by atoms with Crippen molar-refractivity contribution in [2.45, 2.75) is 52.1 Å². The Labute approximate surface area is 120 Å². The van der Waals surface area contributed by atoms with E-state index in [0.717, 1.165) is 18.1 Å². The number of rotatable bonds is 5.